The molecule has 344 valence electrons. The topological polar surface area (TPSA) is 50.9 Å². The van der Waals surface area contributed by atoms with Crippen LogP contribution in [0.5, 0.6) is 5.75 Å². The van der Waals surface area contributed by atoms with Gasteiger partial charge < -0.3 is 5.11 Å². The van der Waals surface area contributed by atoms with Crippen LogP contribution < -0.4 is 0 Å². The number of imidazole rings is 1. The van der Waals surface area contributed by atoms with E-state index in [4.69, 9.17) is 36.5 Å². The molecule has 2 aromatic heterocycles. The zero-order chi connectivity index (χ0) is 70.4. The van der Waals surface area contributed by atoms with Crippen molar-refractivity contribution >= 4 is 11.0 Å². The van der Waals surface area contributed by atoms with Crippen LogP contribution in [0, 0.1) is 5.41 Å². The van der Waals surface area contributed by atoms with Gasteiger partial charge in [0.2, 0.25) is 0 Å². The lowest BCUT2D eigenvalue weighted by atomic mass is 9.79. The molecule has 0 saturated heterocycles. The number of phenolic OH excluding ortho intramolecular Hbond substituents is 1. The summed E-state index contributed by atoms with van der Waals surface area (Å²) in [6.45, 7) is -9.77. The Morgan fingerprint density at radius 1 is 0.567 bits per heavy atom. The fourth-order valence-corrected chi connectivity index (χ4v) is 7.95. The maximum atomic E-state index is 13.3. The normalized spacial score (nSPS) is 19.8. The average molecular weight is 912 g/mol. The molecule has 0 fully saturated rings. The Balaban J connectivity index is 1.64. The van der Waals surface area contributed by atoms with E-state index in [1.807, 2.05) is 47.6 Å². The van der Waals surface area contributed by atoms with Gasteiger partial charge in [0, 0.05) is 55.9 Å². The summed E-state index contributed by atoms with van der Waals surface area (Å²) in [5, 5.41) is 13.3. The molecule has 4 heteroatoms. The fourth-order valence-electron chi connectivity index (χ4n) is 7.95. The smallest absolute Gasteiger partial charge is 0.149 e. The first-order valence-electron chi connectivity index (χ1n) is 34.9. The molecule has 6 aromatic carbocycles. The van der Waals surface area contributed by atoms with Gasteiger partial charge in [-0.1, -0.05) is 188 Å². The van der Waals surface area contributed by atoms with Crippen LogP contribution in [0.4, 0.5) is 0 Å². The van der Waals surface area contributed by atoms with Crippen LogP contribution >= 0.6 is 0 Å². The molecule has 2 heterocycles. The van der Waals surface area contributed by atoms with Gasteiger partial charge in [-0.25, -0.2) is 4.98 Å². The van der Waals surface area contributed by atoms with E-state index in [2.05, 4.69) is 4.98 Å². The van der Waals surface area contributed by atoms with E-state index in [0.29, 0.717) is 22.3 Å². The minimum absolute atomic E-state index is 0.0344. The Morgan fingerprint density at radius 3 is 1.91 bits per heavy atom. The molecule has 8 aromatic rings. The number of pyridine rings is 1. The van der Waals surface area contributed by atoms with Crippen molar-refractivity contribution in [1.29, 1.82) is 0 Å². The van der Waals surface area contributed by atoms with Gasteiger partial charge in [0.25, 0.3) is 0 Å². The average Bonchev–Trinajstić information content (AvgIpc) is 1.15. The van der Waals surface area contributed by atoms with Crippen molar-refractivity contribution in [2.45, 2.75) is 131 Å². The zero-order valence-electron chi connectivity index (χ0n) is 65.1. The van der Waals surface area contributed by atoms with Crippen LogP contribution in [0.3, 0.4) is 0 Å². The van der Waals surface area contributed by atoms with Crippen molar-refractivity contribution in [1.82, 2.24) is 14.5 Å². The number of aromatic nitrogens is 3. The SMILES string of the molecule is [2H]c1cc(C([2H])([2H])C(C)(C)C)cc([2H])c1-c1c([2H])cnc(-c2cc(-c3cccc4c3nc(-c3c([2H])c(C(C([2H])([2H])[2H])(C([2H])([2H])[2H])C([2H])([2H])[2H])c([2H])c(C(C([2H])([2H])[2H])(C([2H])([2H])[2H])C([2H])([2H])[2H])c3O)n4-c3ccc(C(C)(C)C)cc3-c3ccccc3)cc(C(C)(C)C)c2)c1[2H]. The zero-order valence-corrected chi connectivity index (χ0v) is 39.1. The molecule has 0 aliphatic carbocycles. The van der Waals surface area contributed by atoms with Crippen molar-refractivity contribution in [3.63, 3.8) is 0 Å². The Morgan fingerprint density at radius 2 is 1.25 bits per heavy atom. The van der Waals surface area contributed by atoms with Crippen molar-refractivity contribution in [3.05, 3.63) is 167 Å². The first kappa shape index (κ1) is 24.7. The highest BCUT2D eigenvalue weighted by atomic mass is 16.3. The van der Waals surface area contributed by atoms with Gasteiger partial charge in [0.15, 0.2) is 0 Å². The Kier molecular flexibility index (Phi) is 6.30. The Labute approximate surface area is 437 Å². The number of fused-ring (bicyclic) bond motifs is 1. The van der Waals surface area contributed by atoms with Crippen LogP contribution in [0.2, 0.25) is 0 Å². The standard InChI is InChI=1S/C63H71N3O/c1-59(2,3)39-40-24-26-41(27-25-40)43-30-31-64-53(35-43)45-32-44(33-47(34-45)61(7,8)9)49-22-19-23-55-56(49)65-58(51-37-48(62(10,11)12)38-52(57(51)67)63(13,14)15)66(55)54-29-28-46(60(4,5)6)36-50(54)42-20-17-16-18-21-42/h16-38,67H,39H2,1-15H3/i10D3,11D3,12D3,13D3,14D3,15D3,26D,27D,30D,35D,37D,38D,39D2. The van der Waals surface area contributed by atoms with E-state index >= 15 is 0 Å². The highest BCUT2D eigenvalue weighted by Crippen LogP contribution is 2.46. The number of aromatic hydroxyl groups is 1. The van der Waals surface area contributed by atoms with Crippen LogP contribution in [0.15, 0.2) is 140 Å². The van der Waals surface area contributed by atoms with Crippen LogP contribution in [-0.2, 0) is 28.0 Å². The van der Waals surface area contributed by atoms with Crippen LogP contribution in [0.25, 0.3) is 72.7 Å². The predicted octanol–water partition coefficient (Wildman–Crippen LogP) is 17.2. The molecule has 4 nitrogen and oxygen atoms in total. The summed E-state index contributed by atoms with van der Waals surface area (Å²) in [4.78, 5) is 9.65. The van der Waals surface area contributed by atoms with E-state index in [9.17, 15) is 9.22 Å². The molecule has 0 amide bonds. The molecule has 8 rings (SSSR count). The third kappa shape index (κ3) is 9.91. The van der Waals surface area contributed by atoms with E-state index in [1.54, 1.807) is 93.6 Å². The second-order valence-electron chi connectivity index (χ2n) is 20.1. The summed E-state index contributed by atoms with van der Waals surface area (Å²) in [5.74, 6) is -2.53. The molecule has 0 radical (unpaired) electrons. The van der Waals surface area contributed by atoms with Crippen molar-refractivity contribution in [3.8, 4) is 67.5 Å². The largest absolute Gasteiger partial charge is 0.507 e. The summed E-state index contributed by atoms with van der Waals surface area (Å²) >= 11 is 0. The van der Waals surface area contributed by atoms with E-state index in [1.165, 1.54) is 22.8 Å². The Hall–Kier alpha value is -6.26. The lowest BCUT2D eigenvalue weighted by molar-refractivity contribution is 0.411. The number of hydrogen-bond donors (Lipinski definition) is 1. The van der Waals surface area contributed by atoms with Crippen molar-refractivity contribution < 1.29 is 40.7 Å². The second kappa shape index (κ2) is 17.1. The first-order valence-corrected chi connectivity index (χ1v) is 21.9. The number of nitrogens with zero attached hydrogens (tertiary/aromatic N) is 3. The van der Waals surface area contributed by atoms with Gasteiger partial charge >= 0.3 is 0 Å². The molecule has 0 atom stereocenters. The van der Waals surface area contributed by atoms with Gasteiger partial charge in [-0.3, -0.25) is 9.55 Å². The molecular formula is C63H71N3O. The minimum Gasteiger partial charge on any atom is -0.507 e. The quantitative estimate of drug-likeness (QED) is 0.173. The summed E-state index contributed by atoms with van der Waals surface area (Å²) in [6, 6.07) is 21.3. The Bertz CT molecular complexity index is 4070. The number of rotatable bonds is 7. The summed E-state index contributed by atoms with van der Waals surface area (Å²) in [5.41, 5.74) is -13.5. The number of phenols is 1. The highest BCUT2D eigenvalue weighted by molar-refractivity contribution is 5.98. The predicted molar refractivity (Wildman–Crippen MR) is 286 cm³/mol. The number of para-hydroxylation sites is 1. The van der Waals surface area contributed by atoms with Crippen LogP contribution in [-0.4, -0.2) is 19.6 Å². The van der Waals surface area contributed by atoms with Crippen molar-refractivity contribution in [2.24, 2.45) is 5.41 Å². The maximum absolute atomic E-state index is 13.3. The number of hydrogen-bond acceptors (Lipinski definition) is 3. The summed E-state index contributed by atoms with van der Waals surface area (Å²) in [6.07, 6.45) is -0.845. The lowest BCUT2D eigenvalue weighted by Crippen LogP contribution is -2.17. The molecule has 0 bridgehead atoms. The lowest BCUT2D eigenvalue weighted by Gasteiger charge is -2.28. The molecular weight excluding hydrogens is 815 g/mol. The van der Waals surface area contributed by atoms with Gasteiger partial charge in [-0.15, -0.1) is 0 Å². The van der Waals surface area contributed by atoms with Gasteiger partial charge in [-0.05, 0) is 126 Å². The van der Waals surface area contributed by atoms with Gasteiger partial charge in [-0.2, -0.15) is 0 Å². The monoisotopic (exact) mass is 912 g/mol. The molecule has 0 spiro atoms. The highest BCUT2D eigenvalue weighted by Gasteiger charge is 2.30. The van der Waals surface area contributed by atoms with E-state index in [-0.39, 0.29) is 74.4 Å². The van der Waals surface area contributed by atoms with Crippen molar-refractivity contribution in [2.75, 3.05) is 0 Å². The van der Waals surface area contributed by atoms with Crippen LogP contribution in [0.1, 0.15) is 167 Å². The second-order valence-corrected chi connectivity index (χ2v) is 20.1. The molecule has 1 N–H and O–H groups in total. The van der Waals surface area contributed by atoms with Gasteiger partial charge in [0.1, 0.15) is 11.6 Å². The molecule has 0 saturated carbocycles. The molecule has 0 aliphatic rings. The van der Waals surface area contributed by atoms with E-state index < -0.39 is 115 Å². The first-order chi connectivity index (χ1) is 42.0. The number of benzene rings is 6. The third-order valence-electron chi connectivity index (χ3n) is 11.4. The molecule has 0 unspecified atom stereocenters. The fraction of sp³-hybridized carbons (Fsp3) is 0.333. The summed E-state index contributed by atoms with van der Waals surface area (Å²) in [7, 11) is 0. The van der Waals surface area contributed by atoms with E-state index in [0.717, 1.165) is 11.8 Å². The molecule has 67 heavy (non-hydrogen) atoms. The van der Waals surface area contributed by atoms with Gasteiger partial charge in [0.05, 0.1) is 36.2 Å². The maximum Gasteiger partial charge on any atom is 0.149 e. The molecule has 0 aliphatic heterocycles. The minimum atomic E-state index is -4.50. The summed E-state index contributed by atoms with van der Waals surface area (Å²) < 4.78 is 235. The third-order valence-corrected chi connectivity index (χ3v) is 11.4.